The molecule has 2 aromatic rings. The first-order valence-corrected chi connectivity index (χ1v) is 5.09. The van der Waals surface area contributed by atoms with Gasteiger partial charge in [-0.15, -0.1) is 0 Å². The topological polar surface area (TPSA) is 56.5 Å². The summed E-state index contributed by atoms with van der Waals surface area (Å²) in [6.45, 7) is 0. The van der Waals surface area contributed by atoms with Crippen molar-refractivity contribution in [2.24, 2.45) is 0 Å². The van der Waals surface area contributed by atoms with Gasteiger partial charge in [-0.05, 0) is 28.1 Å². The minimum absolute atomic E-state index is 0.173. The summed E-state index contributed by atoms with van der Waals surface area (Å²) >= 11 is 8.92. The summed E-state index contributed by atoms with van der Waals surface area (Å²) in [7, 11) is 1.29. The second-order valence-corrected chi connectivity index (χ2v) is 3.81. The zero-order chi connectivity index (χ0) is 11.0. The van der Waals surface area contributed by atoms with Gasteiger partial charge in [0.05, 0.1) is 7.11 Å². The van der Waals surface area contributed by atoms with Gasteiger partial charge in [-0.1, -0.05) is 11.6 Å². The number of methoxy groups -OCH3 is 1. The van der Waals surface area contributed by atoms with Crippen LogP contribution in [0, 0.1) is 0 Å². The van der Waals surface area contributed by atoms with Crippen LogP contribution in [0.1, 0.15) is 10.5 Å². The van der Waals surface area contributed by atoms with Crippen LogP contribution in [0.25, 0.3) is 5.65 Å². The molecular weight excluding hydrogens is 285 g/mol. The molecule has 0 saturated heterocycles. The van der Waals surface area contributed by atoms with Gasteiger partial charge >= 0.3 is 5.97 Å². The second kappa shape index (κ2) is 3.79. The van der Waals surface area contributed by atoms with Crippen LogP contribution >= 0.6 is 27.5 Å². The number of aromatic nitrogens is 3. The van der Waals surface area contributed by atoms with Crippen LogP contribution in [-0.4, -0.2) is 27.7 Å². The molecule has 15 heavy (non-hydrogen) atoms. The lowest BCUT2D eigenvalue weighted by molar-refractivity contribution is 0.0593. The molecule has 2 aromatic heterocycles. The molecule has 0 aliphatic carbocycles. The first-order valence-electron chi connectivity index (χ1n) is 3.92. The van der Waals surface area contributed by atoms with E-state index in [1.807, 2.05) is 0 Å². The maximum atomic E-state index is 11.3. The Labute approximate surface area is 98.1 Å². The molecule has 0 saturated carbocycles. The molecule has 78 valence electrons. The fourth-order valence-corrected chi connectivity index (χ4v) is 1.76. The predicted molar refractivity (Wildman–Crippen MR) is 57.0 cm³/mol. The lowest BCUT2D eigenvalue weighted by atomic mass is 10.5. The molecule has 2 rings (SSSR count). The van der Waals surface area contributed by atoms with Gasteiger partial charge in [0.25, 0.3) is 0 Å². The molecule has 5 nitrogen and oxygen atoms in total. The number of fused-ring (bicyclic) bond motifs is 1. The number of carbonyl (C=O) groups excluding carboxylic acids is 1. The zero-order valence-corrected chi connectivity index (χ0v) is 9.91. The molecule has 7 heteroatoms. The summed E-state index contributed by atoms with van der Waals surface area (Å²) in [6.07, 6.45) is 0. The average molecular weight is 291 g/mol. The molecule has 2 heterocycles. The third-order valence-corrected chi connectivity index (χ3v) is 2.68. The molecule has 0 radical (unpaired) electrons. The van der Waals surface area contributed by atoms with E-state index in [0.29, 0.717) is 15.4 Å². The maximum Gasteiger partial charge on any atom is 0.359 e. The van der Waals surface area contributed by atoms with Crippen LogP contribution in [0.15, 0.2) is 16.7 Å². The monoisotopic (exact) mass is 289 g/mol. The van der Waals surface area contributed by atoms with Gasteiger partial charge in [0.2, 0.25) is 0 Å². The Morgan fingerprint density at radius 1 is 1.60 bits per heavy atom. The molecule has 0 unspecified atom stereocenters. The summed E-state index contributed by atoms with van der Waals surface area (Å²) in [4.78, 5) is 15.3. The highest BCUT2D eigenvalue weighted by atomic mass is 79.9. The van der Waals surface area contributed by atoms with Crippen LogP contribution in [0.2, 0.25) is 5.15 Å². The van der Waals surface area contributed by atoms with E-state index >= 15 is 0 Å². The Morgan fingerprint density at radius 2 is 2.33 bits per heavy atom. The number of ether oxygens (including phenoxy) is 1. The van der Waals surface area contributed by atoms with E-state index in [-0.39, 0.29) is 5.69 Å². The normalized spacial score (nSPS) is 10.6. The minimum Gasteiger partial charge on any atom is -0.464 e. The lowest BCUT2D eigenvalue weighted by Crippen LogP contribution is -2.02. The molecule has 0 fully saturated rings. The molecule has 0 amide bonds. The summed E-state index contributed by atoms with van der Waals surface area (Å²) < 4.78 is 6.42. The Hall–Kier alpha value is -1.14. The van der Waals surface area contributed by atoms with Crippen molar-refractivity contribution in [3.63, 3.8) is 0 Å². The second-order valence-electron chi connectivity index (χ2n) is 2.67. The van der Waals surface area contributed by atoms with Crippen LogP contribution in [0.4, 0.5) is 0 Å². The quantitative estimate of drug-likeness (QED) is 0.753. The van der Waals surface area contributed by atoms with E-state index in [9.17, 15) is 4.79 Å². The van der Waals surface area contributed by atoms with Crippen molar-refractivity contribution in [2.45, 2.75) is 0 Å². The lowest BCUT2D eigenvalue weighted by Gasteiger charge is -1.94. The highest BCUT2D eigenvalue weighted by molar-refractivity contribution is 9.10. The SMILES string of the molecule is COC(=O)c1nc2ccc(Cl)nn2c1Br. The van der Waals surface area contributed by atoms with E-state index in [0.717, 1.165) is 0 Å². The third-order valence-electron chi connectivity index (χ3n) is 1.77. The van der Waals surface area contributed by atoms with Crippen molar-refractivity contribution in [2.75, 3.05) is 7.11 Å². The molecule has 0 N–H and O–H groups in total. The van der Waals surface area contributed by atoms with Crippen LogP contribution in [0.3, 0.4) is 0 Å². The fraction of sp³-hybridized carbons (Fsp3) is 0.125. The van der Waals surface area contributed by atoms with E-state index in [4.69, 9.17) is 11.6 Å². The van der Waals surface area contributed by atoms with Crippen molar-refractivity contribution in [1.82, 2.24) is 14.6 Å². The van der Waals surface area contributed by atoms with Gasteiger partial charge in [0.1, 0.15) is 9.76 Å². The molecule has 0 spiro atoms. The van der Waals surface area contributed by atoms with Crippen LogP contribution in [0.5, 0.6) is 0 Å². The Morgan fingerprint density at radius 3 is 3.00 bits per heavy atom. The Kier molecular flexibility index (Phi) is 2.62. The molecule has 0 bridgehead atoms. The van der Waals surface area contributed by atoms with Crippen molar-refractivity contribution in [1.29, 1.82) is 0 Å². The van der Waals surface area contributed by atoms with Gasteiger partial charge in [0, 0.05) is 0 Å². The number of imidazole rings is 1. The zero-order valence-electron chi connectivity index (χ0n) is 7.57. The standard InChI is InChI=1S/C8H5BrClN3O2/c1-15-8(14)6-7(9)13-5(11-6)3-2-4(10)12-13/h2-3H,1H3. The minimum atomic E-state index is -0.525. The fourth-order valence-electron chi connectivity index (χ4n) is 1.11. The van der Waals surface area contributed by atoms with E-state index in [1.165, 1.54) is 11.6 Å². The Bertz CT molecular complexity index is 540. The number of esters is 1. The highest BCUT2D eigenvalue weighted by Crippen LogP contribution is 2.19. The summed E-state index contributed by atoms with van der Waals surface area (Å²) in [5.74, 6) is -0.525. The van der Waals surface area contributed by atoms with Gasteiger partial charge in [0.15, 0.2) is 11.3 Å². The van der Waals surface area contributed by atoms with Crippen molar-refractivity contribution in [3.05, 3.63) is 27.6 Å². The first kappa shape index (κ1) is 10.4. The van der Waals surface area contributed by atoms with Gasteiger partial charge < -0.3 is 4.74 Å². The number of carbonyl (C=O) groups is 1. The van der Waals surface area contributed by atoms with Crippen molar-refractivity contribution in [3.8, 4) is 0 Å². The van der Waals surface area contributed by atoms with Crippen LogP contribution < -0.4 is 0 Å². The maximum absolute atomic E-state index is 11.3. The molecule has 0 aliphatic heterocycles. The number of hydrogen-bond acceptors (Lipinski definition) is 4. The van der Waals surface area contributed by atoms with E-state index in [2.05, 4.69) is 30.7 Å². The number of halogens is 2. The number of nitrogens with zero attached hydrogens (tertiary/aromatic N) is 3. The van der Waals surface area contributed by atoms with Gasteiger partial charge in [-0.3, -0.25) is 0 Å². The summed E-state index contributed by atoms with van der Waals surface area (Å²) in [5.41, 5.74) is 0.693. The van der Waals surface area contributed by atoms with Gasteiger partial charge in [-0.25, -0.2) is 14.3 Å². The molecule has 0 aromatic carbocycles. The van der Waals surface area contributed by atoms with Crippen molar-refractivity contribution < 1.29 is 9.53 Å². The third kappa shape index (κ3) is 1.70. The summed E-state index contributed by atoms with van der Waals surface area (Å²) in [5, 5.41) is 4.29. The number of rotatable bonds is 1. The van der Waals surface area contributed by atoms with E-state index < -0.39 is 5.97 Å². The molecule has 0 atom stereocenters. The summed E-state index contributed by atoms with van der Waals surface area (Å²) in [6, 6.07) is 3.25. The predicted octanol–water partition coefficient (Wildman–Crippen LogP) is 1.93. The largest absolute Gasteiger partial charge is 0.464 e. The highest BCUT2D eigenvalue weighted by Gasteiger charge is 2.18. The van der Waals surface area contributed by atoms with Crippen molar-refractivity contribution >= 4 is 39.1 Å². The number of hydrogen-bond donors (Lipinski definition) is 0. The average Bonchev–Trinajstić information content (AvgIpc) is 2.55. The molecule has 0 aliphatic rings. The van der Waals surface area contributed by atoms with Crippen LogP contribution in [-0.2, 0) is 4.74 Å². The van der Waals surface area contributed by atoms with E-state index in [1.54, 1.807) is 12.1 Å². The Balaban J connectivity index is 2.69. The van der Waals surface area contributed by atoms with Gasteiger partial charge in [-0.2, -0.15) is 5.10 Å². The molecular formula is C8H5BrClN3O2. The first-order chi connectivity index (χ1) is 7.13. The smallest absolute Gasteiger partial charge is 0.359 e.